The third-order valence-corrected chi connectivity index (χ3v) is 8.21. The van der Waals surface area contributed by atoms with Gasteiger partial charge in [-0.1, -0.05) is 97.1 Å². The Morgan fingerprint density at radius 1 is 0.630 bits per heavy atom. The Balaban J connectivity index is 1.50. The van der Waals surface area contributed by atoms with Gasteiger partial charge in [-0.3, -0.25) is 9.67 Å². The van der Waals surface area contributed by atoms with Crippen molar-refractivity contribution in [2.45, 2.75) is 11.7 Å². The summed E-state index contributed by atoms with van der Waals surface area (Å²) in [6.45, 7) is 0. The molecule has 0 amide bonds. The highest BCUT2D eigenvalue weighted by Gasteiger charge is 2.44. The highest BCUT2D eigenvalue weighted by Crippen LogP contribution is 2.44. The first-order valence-corrected chi connectivity index (χ1v) is 14.6. The third kappa shape index (κ3) is 4.98. The average molecular weight is 613 g/mol. The SMILES string of the molecule is COc1ccc(-c2ccnc3ccc(-c4cn(C(c5ccccc5)(c5ccccc5)c5ccccc5)nc4C(F)(F)F)cc23)cn1. The monoisotopic (exact) mass is 612 g/mol. The van der Waals surface area contributed by atoms with Crippen molar-refractivity contribution in [2.24, 2.45) is 0 Å². The zero-order valence-electron chi connectivity index (χ0n) is 24.7. The molecule has 3 aromatic heterocycles. The zero-order valence-corrected chi connectivity index (χ0v) is 24.7. The molecule has 0 saturated heterocycles. The highest BCUT2D eigenvalue weighted by molar-refractivity contribution is 5.97. The predicted molar refractivity (Wildman–Crippen MR) is 172 cm³/mol. The Hall–Kier alpha value is -5.76. The van der Waals surface area contributed by atoms with E-state index in [0.717, 1.165) is 27.8 Å². The van der Waals surface area contributed by atoms with Crippen LogP contribution in [0.15, 0.2) is 146 Å². The Bertz CT molecular complexity index is 2020. The van der Waals surface area contributed by atoms with Gasteiger partial charge in [0.1, 0.15) is 5.54 Å². The molecule has 0 unspecified atom stereocenters. The number of alkyl halides is 3. The van der Waals surface area contributed by atoms with Crippen LogP contribution in [0.4, 0.5) is 13.2 Å². The van der Waals surface area contributed by atoms with Crippen LogP contribution in [0.25, 0.3) is 33.2 Å². The van der Waals surface area contributed by atoms with E-state index in [4.69, 9.17) is 4.74 Å². The zero-order chi connectivity index (χ0) is 31.7. The first kappa shape index (κ1) is 29.0. The molecule has 0 atom stereocenters. The lowest BCUT2D eigenvalue weighted by Crippen LogP contribution is -2.38. The first-order valence-electron chi connectivity index (χ1n) is 14.6. The second-order valence-corrected chi connectivity index (χ2v) is 10.8. The van der Waals surface area contributed by atoms with Crippen molar-refractivity contribution in [3.8, 4) is 28.1 Å². The summed E-state index contributed by atoms with van der Waals surface area (Å²) >= 11 is 0. The van der Waals surface area contributed by atoms with Crippen LogP contribution in [-0.4, -0.2) is 26.9 Å². The van der Waals surface area contributed by atoms with Gasteiger partial charge in [-0.05, 0) is 52.1 Å². The molecule has 4 aromatic carbocycles. The number of halogens is 3. The fourth-order valence-electron chi connectivity index (χ4n) is 6.13. The van der Waals surface area contributed by atoms with E-state index in [1.165, 1.54) is 18.0 Å². The summed E-state index contributed by atoms with van der Waals surface area (Å²) in [6.07, 6.45) is 0.132. The van der Waals surface area contributed by atoms with Gasteiger partial charge < -0.3 is 4.74 Å². The summed E-state index contributed by atoms with van der Waals surface area (Å²) in [5.74, 6) is 0.462. The maximum atomic E-state index is 15.0. The van der Waals surface area contributed by atoms with Crippen molar-refractivity contribution in [3.05, 3.63) is 168 Å². The molecule has 0 aliphatic heterocycles. The molecule has 46 heavy (non-hydrogen) atoms. The number of ether oxygens (including phenoxy) is 1. The van der Waals surface area contributed by atoms with Gasteiger partial charge in [-0.15, -0.1) is 0 Å². The van der Waals surface area contributed by atoms with Crippen molar-refractivity contribution in [3.63, 3.8) is 0 Å². The molecule has 0 aliphatic rings. The van der Waals surface area contributed by atoms with E-state index >= 15 is 0 Å². The molecule has 7 aromatic rings. The lowest BCUT2D eigenvalue weighted by atomic mass is 9.77. The van der Waals surface area contributed by atoms with Crippen molar-refractivity contribution in [1.29, 1.82) is 0 Å². The van der Waals surface area contributed by atoms with Gasteiger partial charge in [0.25, 0.3) is 0 Å². The van der Waals surface area contributed by atoms with Crippen LogP contribution in [0.3, 0.4) is 0 Å². The minimum Gasteiger partial charge on any atom is -0.481 e. The summed E-state index contributed by atoms with van der Waals surface area (Å²) in [7, 11) is 1.54. The lowest BCUT2D eigenvalue weighted by molar-refractivity contribution is -0.141. The van der Waals surface area contributed by atoms with Gasteiger partial charge in [0, 0.05) is 41.2 Å². The molecule has 0 spiro atoms. The van der Waals surface area contributed by atoms with Crippen molar-refractivity contribution < 1.29 is 17.9 Å². The summed E-state index contributed by atoms with van der Waals surface area (Å²) in [5.41, 5.74) is 2.67. The summed E-state index contributed by atoms with van der Waals surface area (Å²) in [4.78, 5) is 8.80. The summed E-state index contributed by atoms with van der Waals surface area (Å²) in [6, 6.07) is 39.1. The van der Waals surface area contributed by atoms with Gasteiger partial charge in [0.2, 0.25) is 5.88 Å². The van der Waals surface area contributed by atoms with Crippen LogP contribution < -0.4 is 4.74 Å². The fourth-order valence-corrected chi connectivity index (χ4v) is 6.13. The largest absolute Gasteiger partial charge is 0.481 e. The Morgan fingerprint density at radius 3 is 1.74 bits per heavy atom. The average Bonchev–Trinajstić information content (AvgIpc) is 3.56. The fraction of sp³-hybridized carbons (Fsp3) is 0.0789. The molecule has 8 heteroatoms. The maximum absolute atomic E-state index is 15.0. The number of nitrogens with zero attached hydrogens (tertiary/aromatic N) is 4. The van der Waals surface area contributed by atoms with E-state index in [9.17, 15) is 13.2 Å². The maximum Gasteiger partial charge on any atom is 0.435 e. The number of hydrogen-bond donors (Lipinski definition) is 0. The minimum atomic E-state index is -4.73. The summed E-state index contributed by atoms with van der Waals surface area (Å²) in [5, 5.41) is 5.08. The standard InChI is InChI=1S/C38H27F3N4O/c1-46-35-20-18-27(24-43-35)31-21-22-42-34-19-17-26(23-32(31)34)33-25-45(44-36(33)38(39,40)41)37(28-11-5-2-6-12-28,29-13-7-3-8-14-29)30-15-9-4-10-16-30/h2-25H,1H3. The molecule has 0 fully saturated rings. The summed E-state index contributed by atoms with van der Waals surface area (Å²) < 4.78 is 51.6. The number of fused-ring (bicyclic) bond motifs is 1. The lowest BCUT2D eigenvalue weighted by Gasteiger charge is -2.36. The molecule has 5 nitrogen and oxygen atoms in total. The molecule has 0 bridgehead atoms. The molecule has 226 valence electrons. The van der Waals surface area contributed by atoms with Gasteiger partial charge in [-0.2, -0.15) is 18.3 Å². The van der Waals surface area contributed by atoms with Gasteiger partial charge in [0.15, 0.2) is 5.69 Å². The molecular weight excluding hydrogens is 585 g/mol. The number of benzene rings is 4. The number of aromatic nitrogens is 4. The normalized spacial score (nSPS) is 11.9. The number of rotatable bonds is 7. The van der Waals surface area contributed by atoms with E-state index in [1.807, 2.05) is 103 Å². The van der Waals surface area contributed by atoms with Gasteiger partial charge in [0.05, 0.1) is 12.6 Å². The van der Waals surface area contributed by atoms with E-state index in [0.29, 0.717) is 22.3 Å². The van der Waals surface area contributed by atoms with Gasteiger partial charge >= 0.3 is 6.18 Å². The molecule has 0 N–H and O–H groups in total. The first-order chi connectivity index (χ1) is 22.4. The highest BCUT2D eigenvalue weighted by atomic mass is 19.4. The van der Waals surface area contributed by atoms with Crippen LogP contribution in [0.2, 0.25) is 0 Å². The van der Waals surface area contributed by atoms with Crippen LogP contribution in [0.5, 0.6) is 5.88 Å². The van der Waals surface area contributed by atoms with E-state index < -0.39 is 17.4 Å². The minimum absolute atomic E-state index is 0.0378. The third-order valence-electron chi connectivity index (χ3n) is 8.21. The Labute approximate surface area is 263 Å². The molecular formula is C38H27F3N4O. The number of hydrogen-bond acceptors (Lipinski definition) is 4. The van der Waals surface area contributed by atoms with Gasteiger partial charge in [-0.25, -0.2) is 4.98 Å². The van der Waals surface area contributed by atoms with E-state index in [2.05, 4.69) is 15.1 Å². The van der Waals surface area contributed by atoms with Crippen molar-refractivity contribution in [1.82, 2.24) is 19.7 Å². The van der Waals surface area contributed by atoms with Crippen LogP contribution in [0, 0.1) is 0 Å². The molecule has 3 heterocycles. The van der Waals surface area contributed by atoms with Crippen LogP contribution >= 0.6 is 0 Å². The smallest absolute Gasteiger partial charge is 0.435 e. The predicted octanol–water partition coefficient (Wildman–Crippen LogP) is 9.03. The number of pyridine rings is 2. The Morgan fingerprint density at radius 2 is 1.22 bits per heavy atom. The second-order valence-electron chi connectivity index (χ2n) is 10.8. The van der Waals surface area contributed by atoms with Crippen molar-refractivity contribution >= 4 is 10.9 Å². The second kappa shape index (κ2) is 11.6. The Kier molecular flexibility index (Phi) is 7.33. The molecule has 0 saturated carbocycles. The molecule has 0 radical (unpaired) electrons. The van der Waals surface area contributed by atoms with Crippen LogP contribution in [-0.2, 0) is 11.7 Å². The topological polar surface area (TPSA) is 52.8 Å². The van der Waals surface area contributed by atoms with Crippen molar-refractivity contribution in [2.75, 3.05) is 7.11 Å². The molecule has 7 rings (SSSR count). The molecule has 0 aliphatic carbocycles. The van der Waals surface area contributed by atoms with E-state index in [1.54, 1.807) is 36.7 Å². The van der Waals surface area contributed by atoms with Crippen LogP contribution in [0.1, 0.15) is 22.4 Å². The van der Waals surface area contributed by atoms with E-state index in [-0.39, 0.29) is 5.56 Å². The number of methoxy groups -OCH3 is 1. The quantitative estimate of drug-likeness (QED) is 0.169.